The van der Waals surface area contributed by atoms with Gasteiger partial charge in [0.2, 0.25) is 11.8 Å². The van der Waals surface area contributed by atoms with Crippen LogP contribution in [0, 0.1) is 6.92 Å². The Labute approximate surface area is 170 Å². The number of benzene rings is 2. The Balaban J connectivity index is 1.31. The fourth-order valence-electron chi connectivity index (χ4n) is 3.63. The number of carbonyl (C=O) groups excluding carboxylic acids is 1. The quantitative estimate of drug-likeness (QED) is 0.669. The maximum atomic E-state index is 12.4. The molecular weight excluding hydrogens is 366 g/mol. The van der Waals surface area contributed by atoms with Gasteiger partial charge in [-0.1, -0.05) is 18.2 Å². The van der Waals surface area contributed by atoms with Gasteiger partial charge in [0.15, 0.2) is 0 Å². The number of methoxy groups -OCH3 is 1. The van der Waals surface area contributed by atoms with Gasteiger partial charge in [0.25, 0.3) is 0 Å². The third-order valence-electron chi connectivity index (χ3n) is 5.24. The largest absolute Gasteiger partial charge is 0.497 e. The summed E-state index contributed by atoms with van der Waals surface area (Å²) in [6.45, 7) is 4.25. The van der Waals surface area contributed by atoms with Gasteiger partial charge in [-0.05, 0) is 49.2 Å². The van der Waals surface area contributed by atoms with E-state index >= 15 is 0 Å². The standard InChI is InChI=1S/C23H25N3O3/c1-16-20(25-23(29-16)18-7-9-19(28-2)10-8-18)15-22(27)24-12-14-26-13-11-17-5-3-4-6-21(17)26/h3-10H,11-15H2,1-2H3,(H,24,27). The summed E-state index contributed by atoms with van der Waals surface area (Å²) in [6, 6.07) is 15.9. The molecule has 0 unspecified atom stereocenters. The van der Waals surface area contributed by atoms with Crippen LogP contribution < -0.4 is 15.0 Å². The zero-order chi connectivity index (χ0) is 20.2. The van der Waals surface area contributed by atoms with Crippen molar-refractivity contribution in [2.45, 2.75) is 19.8 Å². The van der Waals surface area contributed by atoms with Crippen LogP contribution in [-0.2, 0) is 17.6 Å². The lowest BCUT2D eigenvalue weighted by molar-refractivity contribution is -0.120. The van der Waals surface area contributed by atoms with Gasteiger partial charge in [0.1, 0.15) is 11.5 Å². The molecule has 3 aromatic rings. The SMILES string of the molecule is COc1ccc(-c2nc(CC(=O)NCCN3CCc4ccccc43)c(C)o2)cc1. The van der Waals surface area contributed by atoms with E-state index in [1.807, 2.05) is 31.2 Å². The Hall–Kier alpha value is -3.28. The van der Waals surface area contributed by atoms with Gasteiger partial charge in [-0.2, -0.15) is 0 Å². The van der Waals surface area contributed by atoms with Gasteiger partial charge in [-0.25, -0.2) is 4.98 Å². The zero-order valence-corrected chi connectivity index (χ0v) is 16.8. The van der Waals surface area contributed by atoms with Crippen LogP contribution in [0.1, 0.15) is 17.0 Å². The molecule has 1 aliphatic heterocycles. The minimum absolute atomic E-state index is 0.0461. The van der Waals surface area contributed by atoms with Gasteiger partial charge in [0.05, 0.1) is 19.2 Å². The number of rotatable bonds is 7. The Morgan fingerprint density at radius 2 is 2.00 bits per heavy atom. The van der Waals surface area contributed by atoms with Crippen molar-refractivity contribution in [3.8, 4) is 17.2 Å². The first kappa shape index (κ1) is 19.1. The molecule has 1 amide bonds. The number of ether oxygens (including phenoxy) is 1. The molecule has 1 aromatic heterocycles. The van der Waals surface area contributed by atoms with E-state index in [0.717, 1.165) is 30.8 Å². The maximum Gasteiger partial charge on any atom is 0.226 e. The first-order chi connectivity index (χ1) is 14.1. The van der Waals surface area contributed by atoms with E-state index < -0.39 is 0 Å². The van der Waals surface area contributed by atoms with Crippen LogP contribution in [0.3, 0.4) is 0 Å². The Kier molecular flexibility index (Phi) is 5.51. The van der Waals surface area contributed by atoms with E-state index in [2.05, 4.69) is 39.5 Å². The molecule has 0 atom stereocenters. The number of carbonyl (C=O) groups is 1. The van der Waals surface area contributed by atoms with E-state index in [-0.39, 0.29) is 12.3 Å². The van der Waals surface area contributed by atoms with Crippen LogP contribution in [0.2, 0.25) is 0 Å². The van der Waals surface area contributed by atoms with Gasteiger partial charge >= 0.3 is 0 Å². The minimum Gasteiger partial charge on any atom is -0.497 e. The second-order valence-electron chi connectivity index (χ2n) is 7.14. The van der Waals surface area contributed by atoms with E-state index in [9.17, 15) is 4.79 Å². The van der Waals surface area contributed by atoms with Crippen LogP contribution in [0.15, 0.2) is 52.9 Å². The lowest BCUT2D eigenvalue weighted by atomic mass is 10.2. The monoisotopic (exact) mass is 391 g/mol. The number of fused-ring (bicyclic) bond motifs is 1. The molecular formula is C23H25N3O3. The summed E-state index contributed by atoms with van der Waals surface area (Å²) < 4.78 is 10.9. The lowest BCUT2D eigenvalue weighted by Crippen LogP contribution is -2.35. The van der Waals surface area contributed by atoms with Crippen molar-refractivity contribution < 1.29 is 13.9 Å². The number of nitrogens with one attached hydrogen (secondary N) is 1. The Morgan fingerprint density at radius 3 is 2.79 bits per heavy atom. The van der Waals surface area contributed by atoms with Crippen LogP contribution in [0.5, 0.6) is 5.75 Å². The topological polar surface area (TPSA) is 67.6 Å². The fraction of sp³-hybridized carbons (Fsp3) is 0.304. The number of nitrogens with zero attached hydrogens (tertiary/aromatic N) is 2. The van der Waals surface area contributed by atoms with Crippen molar-refractivity contribution in [1.82, 2.24) is 10.3 Å². The molecule has 1 aliphatic rings. The summed E-state index contributed by atoms with van der Waals surface area (Å²) in [4.78, 5) is 19.2. The van der Waals surface area contributed by atoms with Gasteiger partial charge in [-0.3, -0.25) is 4.79 Å². The number of aryl methyl sites for hydroxylation is 1. The average Bonchev–Trinajstić information content (AvgIpc) is 3.32. The van der Waals surface area contributed by atoms with Crippen LogP contribution in [0.25, 0.3) is 11.5 Å². The second-order valence-corrected chi connectivity index (χ2v) is 7.14. The summed E-state index contributed by atoms with van der Waals surface area (Å²) in [5.41, 5.74) is 4.18. The molecule has 0 bridgehead atoms. The van der Waals surface area contributed by atoms with Gasteiger partial charge in [-0.15, -0.1) is 0 Å². The molecule has 0 radical (unpaired) electrons. The third-order valence-corrected chi connectivity index (χ3v) is 5.24. The summed E-state index contributed by atoms with van der Waals surface area (Å²) in [5, 5.41) is 3.00. The van der Waals surface area contributed by atoms with Crippen molar-refractivity contribution >= 4 is 11.6 Å². The molecule has 1 N–H and O–H groups in total. The van der Waals surface area contributed by atoms with E-state index in [1.54, 1.807) is 7.11 Å². The molecule has 29 heavy (non-hydrogen) atoms. The highest BCUT2D eigenvalue weighted by molar-refractivity contribution is 5.78. The highest BCUT2D eigenvalue weighted by Crippen LogP contribution is 2.27. The first-order valence-electron chi connectivity index (χ1n) is 9.84. The summed E-state index contributed by atoms with van der Waals surface area (Å²) in [6.07, 6.45) is 1.28. The molecule has 4 rings (SSSR count). The average molecular weight is 391 g/mol. The molecule has 0 saturated carbocycles. The van der Waals surface area contributed by atoms with Crippen molar-refractivity contribution in [2.75, 3.05) is 31.6 Å². The molecule has 2 heterocycles. The lowest BCUT2D eigenvalue weighted by Gasteiger charge is -2.19. The van der Waals surface area contributed by atoms with Gasteiger partial charge in [0, 0.05) is 30.9 Å². The van der Waals surface area contributed by atoms with Gasteiger partial charge < -0.3 is 19.4 Å². The van der Waals surface area contributed by atoms with Crippen molar-refractivity contribution in [3.05, 3.63) is 65.5 Å². The summed E-state index contributed by atoms with van der Waals surface area (Å²) in [7, 11) is 1.63. The van der Waals surface area contributed by atoms with Crippen LogP contribution in [-0.4, -0.2) is 37.6 Å². The molecule has 2 aromatic carbocycles. The number of hydrogen-bond acceptors (Lipinski definition) is 5. The molecule has 0 saturated heterocycles. The highest BCUT2D eigenvalue weighted by atomic mass is 16.5. The Bertz CT molecular complexity index is 995. The van der Waals surface area contributed by atoms with Crippen LogP contribution >= 0.6 is 0 Å². The number of oxazole rings is 1. The minimum atomic E-state index is -0.0461. The molecule has 0 fully saturated rings. The van der Waals surface area contributed by atoms with E-state index in [0.29, 0.717) is 23.9 Å². The maximum absolute atomic E-state index is 12.4. The summed E-state index contributed by atoms with van der Waals surface area (Å²) >= 11 is 0. The first-order valence-corrected chi connectivity index (χ1v) is 9.84. The number of anilines is 1. The van der Waals surface area contributed by atoms with Crippen molar-refractivity contribution in [3.63, 3.8) is 0 Å². The molecule has 150 valence electrons. The molecule has 0 aliphatic carbocycles. The zero-order valence-electron chi connectivity index (χ0n) is 16.8. The highest BCUT2D eigenvalue weighted by Gasteiger charge is 2.18. The number of para-hydroxylation sites is 1. The number of aromatic nitrogens is 1. The fourth-order valence-corrected chi connectivity index (χ4v) is 3.63. The number of hydrogen-bond donors (Lipinski definition) is 1. The summed E-state index contributed by atoms with van der Waals surface area (Å²) in [5.74, 6) is 1.91. The molecule has 0 spiro atoms. The van der Waals surface area contributed by atoms with E-state index in [1.165, 1.54) is 11.3 Å². The predicted molar refractivity (Wildman–Crippen MR) is 112 cm³/mol. The molecule has 6 nitrogen and oxygen atoms in total. The van der Waals surface area contributed by atoms with Crippen molar-refractivity contribution in [1.29, 1.82) is 0 Å². The smallest absolute Gasteiger partial charge is 0.226 e. The predicted octanol–water partition coefficient (Wildman–Crippen LogP) is 3.38. The number of amides is 1. The third kappa shape index (κ3) is 4.26. The van der Waals surface area contributed by atoms with E-state index in [4.69, 9.17) is 9.15 Å². The van der Waals surface area contributed by atoms with Crippen LogP contribution in [0.4, 0.5) is 5.69 Å². The van der Waals surface area contributed by atoms with Crippen molar-refractivity contribution in [2.24, 2.45) is 0 Å². The normalized spacial score (nSPS) is 12.7. The second kappa shape index (κ2) is 8.39. The Morgan fingerprint density at radius 1 is 1.21 bits per heavy atom. The molecule has 6 heteroatoms.